The Kier molecular flexibility index (Phi) is 5.42. The number of ether oxygens (including phenoxy) is 1. The predicted molar refractivity (Wildman–Crippen MR) is 86.5 cm³/mol. The Bertz CT molecular complexity index is 587. The zero-order chi connectivity index (χ0) is 15.2. The van der Waals surface area contributed by atoms with Crippen molar-refractivity contribution in [2.75, 3.05) is 5.43 Å². The SMILES string of the molecule is CCC(C)c1ccc(OCc2nc(NN)ccc2Cl)cc1. The molecule has 1 aromatic carbocycles. The molecule has 2 rings (SSSR count). The van der Waals surface area contributed by atoms with E-state index < -0.39 is 0 Å². The number of aromatic nitrogens is 1. The average Bonchev–Trinajstić information content (AvgIpc) is 2.54. The van der Waals surface area contributed by atoms with Crippen LogP contribution in [0.2, 0.25) is 5.02 Å². The summed E-state index contributed by atoms with van der Waals surface area (Å²) in [5.74, 6) is 7.25. The highest BCUT2D eigenvalue weighted by Crippen LogP contribution is 2.23. The summed E-state index contributed by atoms with van der Waals surface area (Å²) in [6, 6.07) is 11.6. The fourth-order valence-corrected chi connectivity index (χ4v) is 2.11. The largest absolute Gasteiger partial charge is 0.487 e. The summed E-state index contributed by atoms with van der Waals surface area (Å²) in [5, 5.41) is 0.560. The van der Waals surface area contributed by atoms with Crippen molar-refractivity contribution in [3.05, 3.63) is 52.7 Å². The molecule has 21 heavy (non-hydrogen) atoms. The zero-order valence-electron chi connectivity index (χ0n) is 12.3. The van der Waals surface area contributed by atoms with Gasteiger partial charge in [-0.05, 0) is 42.2 Å². The second-order valence-corrected chi connectivity index (χ2v) is 5.34. The summed E-state index contributed by atoms with van der Waals surface area (Å²) in [5.41, 5.74) is 4.46. The average molecular weight is 306 g/mol. The number of nitrogens with one attached hydrogen (secondary N) is 1. The van der Waals surface area contributed by atoms with E-state index >= 15 is 0 Å². The van der Waals surface area contributed by atoms with Gasteiger partial charge >= 0.3 is 0 Å². The van der Waals surface area contributed by atoms with Crippen molar-refractivity contribution in [3.8, 4) is 5.75 Å². The monoisotopic (exact) mass is 305 g/mol. The lowest BCUT2D eigenvalue weighted by Gasteiger charge is -2.11. The number of nitrogens with zero attached hydrogens (tertiary/aromatic N) is 1. The second kappa shape index (κ2) is 7.29. The molecule has 0 fully saturated rings. The van der Waals surface area contributed by atoms with Gasteiger partial charge in [-0.1, -0.05) is 37.6 Å². The van der Waals surface area contributed by atoms with E-state index in [-0.39, 0.29) is 0 Å². The van der Waals surface area contributed by atoms with Crippen molar-refractivity contribution in [2.24, 2.45) is 5.84 Å². The number of nitrogens with two attached hydrogens (primary N) is 1. The molecule has 0 bridgehead atoms. The molecule has 1 heterocycles. The molecule has 0 saturated heterocycles. The minimum absolute atomic E-state index is 0.303. The maximum absolute atomic E-state index is 6.09. The van der Waals surface area contributed by atoms with E-state index in [1.165, 1.54) is 5.56 Å². The highest BCUT2D eigenvalue weighted by molar-refractivity contribution is 6.31. The fourth-order valence-electron chi connectivity index (χ4n) is 1.95. The van der Waals surface area contributed by atoms with Gasteiger partial charge in [-0.25, -0.2) is 10.8 Å². The number of hydrogen-bond acceptors (Lipinski definition) is 4. The van der Waals surface area contributed by atoms with Gasteiger partial charge in [-0.15, -0.1) is 0 Å². The first-order valence-electron chi connectivity index (χ1n) is 6.98. The number of anilines is 1. The molecule has 1 aromatic heterocycles. The molecule has 1 atom stereocenters. The Balaban J connectivity index is 2.03. The normalized spacial score (nSPS) is 12.0. The minimum atomic E-state index is 0.303. The van der Waals surface area contributed by atoms with Gasteiger partial charge < -0.3 is 10.2 Å². The van der Waals surface area contributed by atoms with Crippen LogP contribution in [0.4, 0.5) is 5.82 Å². The first kappa shape index (κ1) is 15.6. The molecule has 5 heteroatoms. The summed E-state index contributed by atoms with van der Waals surface area (Å²) < 4.78 is 5.73. The topological polar surface area (TPSA) is 60.2 Å². The van der Waals surface area contributed by atoms with Gasteiger partial charge in [0.05, 0.1) is 10.7 Å². The summed E-state index contributed by atoms with van der Waals surface area (Å²) in [4.78, 5) is 4.27. The van der Waals surface area contributed by atoms with Gasteiger partial charge in [0.25, 0.3) is 0 Å². The lowest BCUT2D eigenvalue weighted by atomic mass is 9.99. The molecule has 0 amide bonds. The molecule has 0 aliphatic carbocycles. The molecule has 4 nitrogen and oxygen atoms in total. The molecule has 2 aromatic rings. The van der Waals surface area contributed by atoms with Crippen molar-refractivity contribution in [1.29, 1.82) is 0 Å². The van der Waals surface area contributed by atoms with Gasteiger partial charge in [-0.2, -0.15) is 0 Å². The fraction of sp³-hybridized carbons (Fsp3) is 0.312. The highest BCUT2D eigenvalue weighted by atomic mass is 35.5. The Labute approximate surface area is 130 Å². The highest BCUT2D eigenvalue weighted by Gasteiger charge is 2.06. The van der Waals surface area contributed by atoms with Crippen LogP contribution in [0.1, 0.15) is 37.4 Å². The zero-order valence-corrected chi connectivity index (χ0v) is 13.0. The van der Waals surface area contributed by atoms with Crippen LogP contribution in [-0.2, 0) is 6.61 Å². The third kappa shape index (κ3) is 4.09. The first-order valence-corrected chi connectivity index (χ1v) is 7.36. The Morgan fingerprint density at radius 1 is 1.24 bits per heavy atom. The maximum atomic E-state index is 6.09. The minimum Gasteiger partial charge on any atom is -0.487 e. The Morgan fingerprint density at radius 2 is 1.95 bits per heavy atom. The number of benzene rings is 1. The van der Waals surface area contributed by atoms with Crippen molar-refractivity contribution in [1.82, 2.24) is 4.98 Å². The van der Waals surface area contributed by atoms with E-state index in [2.05, 4.69) is 36.4 Å². The molecular formula is C16H20ClN3O. The number of nitrogen functional groups attached to an aromatic ring is 1. The van der Waals surface area contributed by atoms with Crippen molar-refractivity contribution >= 4 is 17.4 Å². The third-order valence-electron chi connectivity index (χ3n) is 3.50. The van der Waals surface area contributed by atoms with E-state index in [0.29, 0.717) is 29.1 Å². The van der Waals surface area contributed by atoms with E-state index in [0.717, 1.165) is 12.2 Å². The number of rotatable bonds is 6. The van der Waals surface area contributed by atoms with E-state index in [1.807, 2.05) is 12.1 Å². The summed E-state index contributed by atoms with van der Waals surface area (Å²) in [6.07, 6.45) is 1.12. The van der Waals surface area contributed by atoms with Crippen LogP contribution < -0.4 is 16.0 Å². The summed E-state index contributed by atoms with van der Waals surface area (Å²) in [7, 11) is 0. The second-order valence-electron chi connectivity index (χ2n) is 4.94. The lowest BCUT2D eigenvalue weighted by Crippen LogP contribution is -2.10. The quantitative estimate of drug-likeness (QED) is 0.623. The number of pyridine rings is 1. The third-order valence-corrected chi connectivity index (χ3v) is 3.85. The van der Waals surface area contributed by atoms with Gasteiger partial charge in [0.1, 0.15) is 18.2 Å². The van der Waals surface area contributed by atoms with Gasteiger partial charge in [0.15, 0.2) is 0 Å². The maximum Gasteiger partial charge on any atom is 0.140 e. The van der Waals surface area contributed by atoms with E-state index in [1.54, 1.807) is 12.1 Å². The Morgan fingerprint density at radius 3 is 2.57 bits per heavy atom. The van der Waals surface area contributed by atoms with E-state index in [9.17, 15) is 0 Å². The van der Waals surface area contributed by atoms with Gasteiger partial charge in [0.2, 0.25) is 0 Å². The summed E-state index contributed by atoms with van der Waals surface area (Å²) in [6.45, 7) is 4.70. The van der Waals surface area contributed by atoms with Crippen LogP contribution in [0.5, 0.6) is 5.75 Å². The molecule has 0 aliphatic heterocycles. The van der Waals surface area contributed by atoms with Crippen LogP contribution in [-0.4, -0.2) is 4.98 Å². The van der Waals surface area contributed by atoms with Crippen LogP contribution >= 0.6 is 11.6 Å². The first-order chi connectivity index (χ1) is 10.1. The molecule has 3 N–H and O–H groups in total. The standard InChI is InChI=1S/C16H20ClN3O/c1-3-11(2)12-4-6-13(7-5-12)21-10-15-14(17)8-9-16(19-15)20-18/h4-9,11H,3,10,18H2,1-2H3,(H,19,20). The van der Waals surface area contributed by atoms with Crippen molar-refractivity contribution < 1.29 is 4.74 Å². The number of halogens is 1. The van der Waals surface area contributed by atoms with Gasteiger partial charge in [0, 0.05) is 0 Å². The molecule has 0 radical (unpaired) electrons. The van der Waals surface area contributed by atoms with Crippen molar-refractivity contribution in [3.63, 3.8) is 0 Å². The number of hydrogen-bond donors (Lipinski definition) is 2. The molecule has 1 unspecified atom stereocenters. The Hall–Kier alpha value is -1.78. The van der Waals surface area contributed by atoms with Gasteiger partial charge in [-0.3, -0.25) is 0 Å². The van der Waals surface area contributed by atoms with Crippen LogP contribution in [0.3, 0.4) is 0 Å². The molecular weight excluding hydrogens is 286 g/mol. The van der Waals surface area contributed by atoms with Crippen LogP contribution in [0.25, 0.3) is 0 Å². The predicted octanol–water partition coefficient (Wildman–Crippen LogP) is 4.11. The smallest absolute Gasteiger partial charge is 0.140 e. The molecule has 0 aliphatic rings. The molecule has 0 spiro atoms. The lowest BCUT2D eigenvalue weighted by molar-refractivity contribution is 0.301. The van der Waals surface area contributed by atoms with Crippen molar-refractivity contribution in [2.45, 2.75) is 32.8 Å². The molecule has 112 valence electrons. The van der Waals surface area contributed by atoms with Crippen LogP contribution in [0, 0.1) is 0 Å². The summed E-state index contributed by atoms with van der Waals surface area (Å²) >= 11 is 6.09. The molecule has 0 saturated carbocycles. The number of hydrazine groups is 1. The van der Waals surface area contributed by atoms with E-state index in [4.69, 9.17) is 22.2 Å². The van der Waals surface area contributed by atoms with Crippen LogP contribution in [0.15, 0.2) is 36.4 Å².